The zero-order chi connectivity index (χ0) is 21.3. The molecule has 1 atom stereocenters. The standard InChI is InChI=1S/C16H13F2N6O4S/c1-8(15-20-5-9(4-19)6-21-15)22-12(25)7-24-16(26)23-11-3-2-10(17)13(18)14(11)29(24,27)28/h2-3,5,8H,6-7H2,1H3,(H,22,25)(H,23,26)/t8-/m0/s1. The summed E-state index contributed by atoms with van der Waals surface area (Å²) in [6.45, 7) is 0.626. The number of amides is 3. The van der Waals surface area contributed by atoms with E-state index in [9.17, 15) is 26.8 Å². The highest BCUT2D eigenvalue weighted by molar-refractivity contribution is 7.90. The van der Waals surface area contributed by atoms with Crippen LogP contribution >= 0.6 is 0 Å². The molecule has 29 heavy (non-hydrogen) atoms. The Hall–Kier alpha value is -3.40. The Morgan fingerprint density at radius 1 is 1.45 bits per heavy atom. The highest BCUT2D eigenvalue weighted by Gasteiger charge is 2.41. The molecule has 0 saturated heterocycles. The number of nitrogens with one attached hydrogen (secondary N) is 2. The lowest BCUT2D eigenvalue weighted by atomic mass is 10.1. The number of amidine groups is 1. The van der Waals surface area contributed by atoms with Crippen LogP contribution in [0.25, 0.3) is 0 Å². The number of hydrogen-bond acceptors (Lipinski definition) is 7. The van der Waals surface area contributed by atoms with Gasteiger partial charge in [0.1, 0.15) is 23.2 Å². The molecule has 0 aromatic heterocycles. The Bertz CT molecular complexity index is 1100. The van der Waals surface area contributed by atoms with E-state index in [1.807, 2.05) is 6.07 Å². The minimum atomic E-state index is -4.81. The third kappa shape index (κ3) is 3.79. The normalized spacial score (nSPS) is 18.9. The molecule has 2 N–H and O–H groups in total. The molecule has 2 aliphatic heterocycles. The first-order chi connectivity index (χ1) is 13.6. The highest BCUT2D eigenvalue weighted by Crippen LogP contribution is 2.33. The number of rotatable bonds is 4. The van der Waals surface area contributed by atoms with E-state index >= 15 is 0 Å². The number of nitrogens with zero attached hydrogens (tertiary/aromatic N) is 4. The van der Waals surface area contributed by atoms with Crippen molar-refractivity contribution in [2.45, 2.75) is 17.9 Å². The van der Waals surface area contributed by atoms with Crippen LogP contribution < -0.4 is 10.6 Å². The summed E-state index contributed by atoms with van der Waals surface area (Å²) in [5.74, 6) is -3.44. The molecule has 3 amide bonds. The summed E-state index contributed by atoms with van der Waals surface area (Å²) < 4.78 is 52.8. The minimum Gasteiger partial charge on any atom is -0.345 e. The first-order valence-corrected chi connectivity index (χ1v) is 9.54. The van der Waals surface area contributed by atoms with Gasteiger partial charge in [0, 0.05) is 6.21 Å². The van der Waals surface area contributed by atoms with Crippen LogP contribution in [0, 0.1) is 28.9 Å². The summed E-state index contributed by atoms with van der Waals surface area (Å²) in [6, 6.07) is 1.53. The number of aliphatic imine (C=N–C) groups is 2. The van der Waals surface area contributed by atoms with Gasteiger partial charge < -0.3 is 10.6 Å². The number of carbonyl (C=O) groups excluding carboxylic acids is 2. The van der Waals surface area contributed by atoms with Crippen molar-refractivity contribution in [3.8, 4) is 6.07 Å². The Morgan fingerprint density at radius 2 is 2.17 bits per heavy atom. The van der Waals surface area contributed by atoms with Crippen LogP contribution in [0.5, 0.6) is 0 Å². The van der Waals surface area contributed by atoms with Gasteiger partial charge in [0.05, 0.1) is 24.3 Å². The van der Waals surface area contributed by atoms with E-state index < -0.39 is 56.8 Å². The van der Waals surface area contributed by atoms with Gasteiger partial charge in [-0.05, 0) is 19.1 Å². The second-order valence-corrected chi connectivity index (χ2v) is 7.84. The van der Waals surface area contributed by atoms with Crippen molar-refractivity contribution >= 4 is 39.7 Å². The van der Waals surface area contributed by atoms with Gasteiger partial charge in [-0.25, -0.2) is 31.3 Å². The second-order valence-electron chi connectivity index (χ2n) is 6.04. The van der Waals surface area contributed by atoms with E-state index in [-0.39, 0.29) is 16.7 Å². The number of fused-ring (bicyclic) bond motifs is 1. The molecular weight excluding hydrogens is 410 g/mol. The zero-order valence-corrected chi connectivity index (χ0v) is 15.6. The van der Waals surface area contributed by atoms with Gasteiger partial charge >= 0.3 is 6.03 Å². The first-order valence-electron chi connectivity index (χ1n) is 8.10. The number of benzene rings is 1. The molecule has 13 heteroatoms. The third-order valence-electron chi connectivity index (χ3n) is 4.03. The predicted molar refractivity (Wildman–Crippen MR) is 96.5 cm³/mol. The van der Waals surface area contributed by atoms with Crippen molar-refractivity contribution in [3.05, 3.63) is 29.7 Å². The molecule has 2 heterocycles. The molecule has 1 radical (unpaired) electrons. The fourth-order valence-electron chi connectivity index (χ4n) is 2.62. The van der Waals surface area contributed by atoms with Crippen molar-refractivity contribution in [2.75, 3.05) is 18.4 Å². The van der Waals surface area contributed by atoms with Crippen LogP contribution in [-0.2, 0) is 14.8 Å². The second kappa shape index (κ2) is 7.55. The molecular formula is C16H13F2N6O4S. The van der Waals surface area contributed by atoms with Gasteiger partial charge in [-0.3, -0.25) is 9.79 Å². The Morgan fingerprint density at radius 3 is 2.79 bits per heavy atom. The zero-order valence-electron chi connectivity index (χ0n) is 14.8. The molecule has 2 aliphatic rings. The fourth-order valence-corrected chi connectivity index (χ4v) is 4.12. The maximum Gasteiger partial charge on any atom is 0.336 e. The molecule has 151 valence electrons. The summed E-state index contributed by atoms with van der Waals surface area (Å²) in [4.78, 5) is 31.3. The third-order valence-corrected chi connectivity index (χ3v) is 5.82. The van der Waals surface area contributed by atoms with Gasteiger partial charge in [0.25, 0.3) is 10.0 Å². The molecule has 1 aromatic rings. The monoisotopic (exact) mass is 423 g/mol. The predicted octanol–water partition coefficient (Wildman–Crippen LogP) is 0.587. The first kappa shape index (κ1) is 20.3. The lowest BCUT2D eigenvalue weighted by Gasteiger charge is -2.29. The van der Waals surface area contributed by atoms with Crippen LogP contribution in [0.1, 0.15) is 6.92 Å². The number of carbonyl (C=O) groups is 2. The van der Waals surface area contributed by atoms with Gasteiger partial charge in [-0.1, -0.05) is 0 Å². The maximum absolute atomic E-state index is 14.0. The van der Waals surface area contributed by atoms with Crippen molar-refractivity contribution in [1.29, 1.82) is 5.26 Å². The Labute approximate surface area is 164 Å². The van der Waals surface area contributed by atoms with Gasteiger partial charge in [-0.2, -0.15) is 5.26 Å². The molecule has 3 rings (SSSR count). The van der Waals surface area contributed by atoms with E-state index in [0.29, 0.717) is 12.0 Å². The molecule has 0 aliphatic carbocycles. The molecule has 0 bridgehead atoms. The van der Waals surface area contributed by atoms with Crippen molar-refractivity contribution < 1.29 is 26.8 Å². The number of sulfonamides is 1. The average molecular weight is 423 g/mol. The smallest absolute Gasteiger partial charge is 0.336 e. The van der Waals surface area contributed by atoms with Crippen LogP contribution in [0.3, 0.4) is 0 Å². The van der Waals surface area contributed by atoms with E-state index in [4.69, 9.17) is 5.26 Å². The number of anilines is 1. The van der Waals surface area contributed by atoms with Crippen LogP contribution in [0.2, 0.25) is 0 Å². The number of hydrogen-bond donors (Lipinski definition) is 2. The molecule has 0 spiro atoms. The quantitative estimate of drug-likeness (QED) is 0.728. The molecule has 10 nitrogen and oxygen atoms in total. The minimum absolute atomic E-state index is 0.0834. The maximum atomic E-state index is 14.0. The summed E-state index contributed by atoms with van der Waals surface area (Å²) in [7, 11) is -4.81. The van der Waals surface area contributed by atoms with Crippen molar-refractivity contribution in [2.24, 2.45) is 9.98 Å². The van der Waals surface area contributed by atoms with E-state index in [0.717, 1.165) is 6.07 Å². The molecule has 1 aromatic carbocycles. The summed E-state index contributed by atoms with van der Waals surface area (Å²) in [5.41, 5.74) is -0.422. The van der Waals surface area contributed by atoms with E-state index in [1.54, 1.807) is 0 Å². The topological polar surface area (TPSA) is 144 Å². The lowest BCUT2D eigenvalue weighted by molar-refractivity contribution is -0.121. The summed E-state index contributed by atoms with van der Waals surface area (Å²) in [6.07, 6.45) is 1.29. The van der Waals surface area contributed by atoms with Crippen molar-refractivity contribution in [1.82, 2.24) is 9.62 Å². The van der Waals surface area contributed by atoms with E-state index in [2.05, 4.69) is 20.6 Å². The number of halogens is 2. The molecule has 0 saturated carbocycles. The summed E-state index contributed by atoms with van der Waals surface area (Å²) >= 11 is 0. The lowest BCUT2D eigenvalue weighted by Crippen LogP contribution is -2.51. The van der Waals surface area contributed by atoms with Gasteiger partial charge in [0.15, 0.2) is 11.6 Å². The Kier molecular flexibility index (Phi) is 5.29. The molecule has 0 fully saturated rings. The largest absolute Gasteiger partial charge is 0.345 e. The van der Waals surface area contributed by atoms with Crippen molar-refractivity contribution in [3.63, 3.8) is 0 Å². The Balaban J connectivity index is 1.76. The SMILES string of the molecule is C[C@H](NC(=O)CN1C(=O)Nc2ccc(F)c(F)c2S1(=O)=O)C1=NC[C](C#N)C=N1. The number of urea groups is 1. The van der Waals surface area contributed by atoms with Gasteiger partial charge in [-0.15, -0.1) is 0 Å². The molecule has 0 unspecified atom stereocenters. The highest BCUT2D eigenvalue weighted by atomic mass is 32.2. The van der Waals surface area contributed by atoms with Crippen LogP contribution in [0.15, 0.2) is 27.0 Å². The summed E-state index contributed by atoms with van der Waals surface area (Å²) in [5, 5.41) is 13.3. The van der Waals surface area contributed by atoms with Gasteiger partial charge in [0.2, 0.25) is 5.91 Å². The van der Waals surface area contributed by atoms with Crippen LogP contribution in [-0.4, -0.2) is 55.8 Å². The van der Waals surface area contributed by atoms with Crippen LogP contribution in [0.4, 0.5) is 19.3 Å². The van der Waals surface area contributed by atoms with E-state index in [1.165, 1.54) is 13.1 Å². The average Bonchev–Trinajstić information content (AvgIpc) is 2.67. The number of nitriles is 1. The fraction of sp³-hybridized carbons (Fsp3) is 0.250.